The average Bonchev–Trinajstić information content (AvgIpc) is 2.75. The highest BCUT2D eigenvalue weighted by molar-refractivity contribution is 5.78. The van der Waals surface area contributed by atoms with Gasteiger partial charge in [-0.05, 0) is 25.8 Å². The van der Waals surface area contributed by atoms with Gasteiger partial charge in [-0.1, -0.05) is 0 Å². The van der Waals surface area contributed by atoms with Crippen molar-refractivity contribution in [3.63, 3.8) is 0 Å². The highest BCUT2D eigenvalue weighted by atomic mass is 16.2. The van der Waals surface area contributed by atoms with E-state index >= 15 is 0 Å². The van der Waals surface area contributed by atoms with Gasteiger partial charge >= 0.3 is 0 Å². The Morgan fingerprint density at radius 3 is 2.86 bits per heavy atom. The molecular weight excluding hydrogens is 178 g/mol. The lowest BCUT2D eigenvalue weighted by Crippen LogP contribution is -2.29. The van der Waals surface area contributed by atoms with Crippen molar-refractivity contribution in [3.8, 4) is 0 Å². The van der Waals surface area contributed by atoms with Gasteiger partial charge in [0.2, 0.25) is 5.91 Å². The second-order valence-corrected chi connectivity index (χ2v) is 3.81. The van der Waals surface area contributed by atoms with E-state index in [0.717, 1.165) is 37.3 Å². The molecule has 0 aliphatic carbocycles. The number of carbonyl (C=O) groups excluding carboxylic acids is 1. The maximum Gasteiger partial charge on any atom is 0.228 e. The van der Waals surface area contributed by atoms with Crippen LogP contribution in [0.25, 0.3) is 0 Å². The number of carbonyl (C=O) groups is 1. The molecule has 1 aliphatic heterocycles. The monoisotopic (exact) mass is 193 g/mol. The molecule has 4 nitrogen and oxygen atoms in total. The van der Waals surface area contributed by atoms with E-state index in [0.29, 0.717) is 6.42 Å². The Bertz CT molecular complexity index is 326. The predicted molar refractivity (Wildman–Crippen MR) is 52.8 cm³/mol. The zero-order valence-corrected chi connectivity index (χ0v) is 8.42. The topological polar surface area (TPSA) is 49.0 Å². The number of H-pyrrole nitrogens is 1. The van der Waals surface area contributed by atoms with Crippen LogP contribution >= 0.6 is 0 Å². The van der Waals surface area contributed by atoms with Crippen LogP contribution in [0.2, 0.25) is 0 Å². The molecule has 0 radical (unpaired) electrons. The third-order valence-electron chi connectivity index (χ3n) is 2.55. The lowest BCUT2D eigenvalue weighted by atomic mass is 10.2. The molecule has 1 N–H and O–H groups in total. The molecule has 1 amide bonds. The van der Waals surface area contributed by atoms with E-state index in [4.69, 9.17) is 0 Å². The van der Waals surface area contributed by atoms with Crippen LogP contribution in [0.3, 0.4) is 0 Å². The number of rotatable bonds is 2. The summed E-state index contributed by atoms with van der Waals surface area (Å²) in [7, 11) is 0. The van der Waals surface area contributed by atoms with Gasteiger partial charge in [-0.2, -0.15) is 5.10 Å². The Labute approximate surface area is 83.3 Å². The van der Waals surface area contributed by atoms with Crippen molar-refractivity contribution in [2.24, 2.45) is 0 Å². The third kappa shape index (κ3) is 1.95. The van der Waals surface area contributed by atoms with Crippen LogP contribution in [0.4, 0.5) is 0 Å². The Morgan fingerprint density at radius 1 is 1.57 bits per heavy atom. The number of hydrogen-bond acceptors (Lipinski definition) is 2. The van der Waals surface area contributed by atoms with Crippen molar-refractivity contribution in [2.45, 2.75) is 26.2 Å². The van der Waals surface area contributed by atoms with E-state index in [9.17, 15) is 4.79 Å². The van der Waals surface area contributed by atoms with Crippen LogP contribution in [-0.4, -0.2) is 34.1 Å². The van der Waals surface area contributed by atoms with Gasteiger partial charge in [0, 0.05) is 18.8 Å². The minimum absolute atomic E-state index is 0.203. The molecule has 2 heterocycles. The van der Waals surface area contributed by atoms with E-state index in [2.05, 4.69) is 10.2 Å². The summed E-state index contributed by atoms with van der Waals surface area (Å²) in [4.78, 5) is 13.6. The van der Waals surface area contributed by atoms with Gasteiger partial charge in [0.05, 0.1) is 12.1 Å². The van der Waals surface area contributed by atoms with Crippen molar-refractivity contribution in [1.82, 2.24) is 15.1 Å². The SMILES string of the molecule is Cc1cc(CC(=O)N2CCCC2)n[nH]1. The molecule has 1 saturated heterocycles. The molecule has 0 spiro atoms. The van der Waals surface area contributed by atoms with Crippen LogP contribution in [0.15, 0.2) is 6.07 Å². The van der Waals surface area contributed by atoms with Crippen LogP contribution in [0.5, 0.6) is 0 Å². The third-order valence-corrected chi connectivity index (χ3v) is 2.55. The van der Waals surface area contributed by atoms with Crippen LogP contribution in [0, 0.1) is 6.92 Å². The second-order valence-electron chi connectivity index (χ2n) is 3.81. The van der Waals surface area contributed by atoms with E-state index in [-0.39, 0.29) is 5.91 Å². The lowest BCUT2D eigenvalue weighted by Gasteiger charge is -2.13. The first-order valence-electron chi connectivity index (χ1n) is 5.04. The molecular formula is C10H15N3O. The zero-order valence-electron chi connectivity index (χ0n) is 8.42. The first-order valence-corrected chi connectivity index (χ1v) is 5.04. The summed E-state index contributed by atoms with van der Waals surface area (Å²) >= 11 is 0. The fraction of sp³-hybridized carbons (Fsp3) is 0.600. The van der Waals surface area contributed by atoms with Crippen LogP contribution in [-0.2, 0) is 11.2 Å². The van der Waals surface area contributed by atoms with E-state index in [1.807, 2.05) is 17.9 Å². The predicted octanol–water partition coefficient (Wildman–Crippen LogP) is 0.883. The first-order chi connectivity index (χ1) is 6.75. The molecule has 14 heavy (non-hydrogen) atoms. The molecule has 76 valence electrons. The van der Waals surface area contributed by atoms with Crippen LogP contribution < -0.4 is 0 Å². The molecule has 1 aromatic heterocycles. The Hall–Kier alpha value is -1.32. The van der Waals surface area contributed by atoms with Crippen molar-refractivity contribution >= 4 is 5.91 Å². The largest absolute Gasteiger partial charge is 0.342 e. The Balaban J connectivity index is 1.93. The lowest BCUT2D eigenvalue weighted by molar-refractivity contribution is -0.129. The van der Waals surface area contributed by atoms with E-state index < -0.39 is 0 Å². The number of likely N-dealkylation sites (tertiary alicyclic amines) is 1. The van der Waals surface area contributed by atoms with Gasteiger partial charge < -0.3 is 4.90 Å². The number of nitrogens with zero attached hydrogens (tertiary/aromatic N) is 2. The van der Waals surface area contributed by atoms with Gasteiger partial charge in [-0.15, -0.1) is 0 Å². The summed E-state index contributed by atoms with van der Waals surface area (Å²) in [5.74, 6) is 0.203. The molecule has 0 aromatic carbocycles. The molecule has 0 unspecified atom stereocenters. The molecule has 0 atom stereocenters. The maximum absolute atomic E-state index is 11.7. The molecule has 1 fully saturated rings. The molecule has 2 rings (SSSR count). The first kappa shape index (κ1) is 9.24. The van der Waals surface area contributed by atoms with Gasteiger partial charge in [0.1, 0.15) is 0 Å². The van der Waals surface area contributed by atoms with E-state index in [1.165, 1.54) is 0 Å². The number of amides is 1. The summed E-state index contributed by atoms with van der Waals surface area (Å²) in [6.07, 6.45) is 2.72. The van der Waals surface area contributed by atoms with Gasteiger partial charge in [-0.3, -0.25) is 9.89 Å². The second kappa shape index (κ2) is 3.82. The molecule has 0 bridgehead atoms. The van der Waals surface area contributed by atoms with Gasteiger partial charge in [-0.25, -0.2) is 0 Å². The van der Waals surface area contributed by atoms with Gasteiger partial charge in [0.15, 0.2) is 0 Å². The van der Waals surface area contributed by atoms with E-state index in [1.54, 1.807) is 0 Å². The van der Waals surface area contributed by atoms with Crippen molar-refractivity contribution in [1.29, 1.82) is 0 Å². The number of aromatic amines is 1. The fourth-order valence-electron chi connectivity index (χ4n) is 1.80. The standard InChI is InChI=1S/C10H15N3O/c1-8-6-9(12-11-8)7-10(14)13-4-2-3-5-13/h6H,2-5,7H2,1H3,(H,11,12). The number of hydrogen-bond donors (Lipinski definition) is 1. The average molecular weight is 193 g/mol. The Kier molecular flexibility index (Phi) is 2.52. The Morgan fingerprint density at radius 2 is 2.29 bits per heavy atom. The smallest absolute Gasteiger partial charge is 0.228 e. The summed E-state index contributed by atoms with van der Waals surface area (Å²) < 4.78 is 0. The minimum Gasteiger partial charge on any atom is -0.342 e. The number of aryl methyl sites for hydroxylation is 1. The van der Waals surface area contributed by atoms with Gasteiger partial charge in [0.25, 0.3) is 0 Å². The molecule has 1 aromatic rings. The summed E-state index contributed by atoms with van der Waals surface area (Å²) in [6, 6.07) is 1.92. The summed E-state index contributed by atoms with van der Waals surface area (Å²) in [5, 5.41) is 6.90. The molecule has 0 saturated carbocycles. The highest BCUT2D eigenvalue weighted by Gasteiger charge is 2.18. The van der Waals surface area contributed by atoms with Crippen molar-refractivity contribution in [3.05, 3.63) is 17.5 Å². The van der Waals surface area contributed by atoms with Crippen molar-refractivity contribution < 1.29 is 4.79 Å². The van der Waals surface area contributed by atoms with Crippen LogP contribution in [0.1, 0.15) is 24.2 Å². The number of nitrogens with one attached hydrogen (secondary N) is 1. The zero-order chi connectivity index (χ0) is 9.97. The highest BCUT2D eigenvalue weighted by Crippen LogP contribution is 2.09. The summed E-state index contributed by atoms with van der Waals surface area (Å²) in [5.41, 5.74) is 1.86. The normalized spacial score (nSPS) is 16.2. The van der Waals surface area contributed by atoms with Crippen molar-refractivity contribution in [2.75, 3.05) is 13.1 Å². The number of aromatic nitrogens is 2. The summed E-state index contributed by atoms with van der Waals surface area (Å²) in [6.45, 7) is 3.78. The fourth-order valence-corrected chi connectivity index (χ4v) is 1.80. The quantitative estimate of drug-likeness (QED) is 0.758. The minimum atomic E-state index is 0.203. The molecule has 4 heteroatoms. The molecule has 1 aliphatic rings. The maximum atomic E-state index is 11.7.